The van der Waals surface area contributed by atoms with Crippen LogP contribution in [0.2, 0.25) is 0 Å². The highest BCUT2D eigenvalue weighted by atomic mass is 19.1. The molecule has 0 amide bonds. The highest BCUT2D eigenvalue weighted by molar-refractivity contribution is 6.02. The van der Waals surface area contributed by atoms with Gasteiger partial charge in [-0.3, -0.25) is 4.79 Å². The van der Waals surface area contributed by atoms with E-state index in [0.717, 1.165) is 0 Å². The van der Waals surface area contributed by atoms with E-state index < -0.39 is 17.4 Å². The number of ketones is 1. The Hall–Kier alpha value is -2.23. The topological polar surface area (TPSA) is 43.4 Å². The van der Waals surface area contributed by atoms with Crippen LogP contribution >= 0.6 is 0 Å². The van der Waals surface area contributed by atoms with Gasteiger partial charge < -0.3 is 4.74 Å². The second-order valence-corrected chi connectivity index (χ2v) is 3.91. The first kappa shape index (κ1) is 9.96. The molecule has 0 saturated carbocycles. The SMILES string of the molecule is O=C1C=CC2(C=C1)OC(=O)c1c(F)cccc12. The quantitative estimate of drug-likeness (QED) is 0.639. The molecule has 1 heterocycles. The maximum Gasteiger partial charge on any atom is 0.343 e. The van der Waals surface area contributed by atoms with Crippen LogP contribution in [0.15, 0.2) is 42.5 Å². The summed E-state index contributed by atoms with van der Waals surface area (Å²) in [6.07, 6.45) is 5.57. The van der Waals surface area contributed by atoms with E-state index in [1.807, 2.05) is 0 Å². The van der Waals surface area contributed by atoms with Crippen molar-refractivity contribution in [1.29, 1.82) is 0 Å². The molecule has 0 radical (unpaired) electrons. The largest absolute Gasteiger partial charge is 0.442 e. The average Bonchev–Trinajstić information content (AvgIpc) is 2.58. The number of hydrogen-bond acceptors (Lipinski definition) is 3. The number of allylic oxidation sites excluding steroid dienone is 2. The minimum atomic E-state index is -1.12. The maximum absolute atomic E-state index is 13.5. The zero-order valence-electron chi connectivity index (χ0n) is 8.64. The van der Waals surface area contributed by atoms with Gasteiger partial charge in [0.05, 0.1) is 0 Å². The van der Waals surface area contributed by atoms with Crippen LogP contribution < -0.4 is 0 Å². The molecule has 0 fully saturated rings. The van der Waals surface area contributed by atoms with E-state index in [4.69, 9.17) is 4.74 Å². The molecule has 0 aromatic heterocycles. The number of carbonyl (C=O) groups is 2. The van der Waals surface area contributed by atoms with Crippen molar-refractivity contribution in [3.63, 3.8) is 0 Å². The van der Waals surface area contributed by atoms with Crippen LogP contribution in [-0.2, 0) is 15.1 Å². The Morgan fingerprint density at radius 3 is 2.53 bits per heavy atom. The first-order valence-electron chi connectivity index (χ1n) is 5.07. The van der Waals surface area contributed by atoms with Crippen LogP contribution in [0.1, 0.15) is 15.9 Å². The fourth-order valence-electron chi connectivity index (χ4n) is 2.09. The fraction of sp³-hybridized carbons (Fsp3) is 0.0769. The number of fused-ring (bicyclic) bond motifs is 2. The summed E-state index contributed by atoms with van der Waals surface area (Å²) >= 11 is 0. The molecule has 2 aliphatic rings. The van der Waals surface area contributed by atoms with Gasteiger partial charge in [-0.05, 0) is 30.4 Å². The smallest absolute Gasteiger partial charge is 0.343 e. The van der Waals surface area contributed by atoms with E-state index >= 15 is 0 Å². The highest BCUT2D eigenvalue weighted by Crippen LogP contribution is 2.41. The fourth-order valence-corrected chi connectivity index (χ4v) is 2.09. The molecule has 4 heteroatoms. The number of hydrogen-bond donors (Lipinski definition) is 0. The summed E-state index contributed by atoms with van der Waals surface area (Å²) in [6, 6.07) is 4.34. The third kappa shape index (κ3) is 1.27. The van der Waals surface area contributed by atoms with Gasteiger partial charge in [-0.15, -0.1) is 0 Å². The summed E-state index contributed by atoms with van der Waals surface area (Å²) in [5.41, 5.74) is -0.749. The molecule has 1 aromatic rings. The average molecular weight is 230 g/mol. The van der Waals surface area contributed by atoms with Gasteiger partial charge in [-0.1, -0.05) is 12.1 Å². The lowest BCUT2D eigenvalue weighted by atomic mass is 9.88. The van der Waals surface area contributed by atoms with Gasteiger partial charge in [0.1, 0.15) is 11.4 Å². The molecule has 17 heavy (non-hydrogen) atoms. The standard InChI is InChI=1S/C13H7FO3/c14-10-3-1-2-9-11(10)12(16)17-13(9)6-4-8(15)5-7-13/h1-7H. The maximum atomic E-state index is 13.5. The third-order valence-electron chi connectivity index (χ3n) is 2.89. The van der Waals surface area contributed by atoms with Crippen LogP contribution in [0.25, 0.3) is 0 Å². The van der Waals surface area contributed by atoms with Crippen LogP contribution in [0.5, 0.6) is 0 Å². The van der Waals surface area contributed by atoms with Gasteiger partial charge >= 0.3 is 5.97 Å². The second-order valence-electron chi connectivity index (χ2n) is 3.91. The predicted octanol–water partition coefficient (Wildman–Crippen LogP) is 1.89. The first-order chi connectivity index (χ1) is 8.12. The van der Waals surface area contributed by atoms with Crippen molar-refractivity contribution in [3.8, 4) is 0 Å². The molecular formula is C13H7FO3. The van der Waals surface area contributed by atoms with Crippen LogP contribution in [0, 0.1) is 5.82 Å². The molecule has 1 aliphatic heterocycles. The predicted molar refractivity (Wildman–Crippen MR) is 56.8 cm³/mol. The van der Waals surface area contributed by atoms with Crippen LogP contribution in [-0.4, -0.2) is 11.8 Å². The van der Waals surface area contributed by atoms with E-state index in [2.05, 4.69) is 0 Å². The van der Waals surface area contributed by atoms with E-state index in [9.17, 15) is 14.0 Å². The minimum Gasteiger partial charge on any atom is -0.442 e. The van der Waals surface area contributed by atoms with Gasteiger partial charge in [0.15, 0.2) is 11.4 Å². The minimum absolute atomic E-state index is 0.0591. The second kappa shape index (κ2) is 3.13. The molecule has 0 bridgehead atoms. The van der Waals surface area contributed by atoms with Gasteiger partial charge in [0, 0.05) is 5.56 Å². The van der Waals surface area contributed by atoms with Crippen molar-refractivity contribution in [2.24, 2.45) is 0 Å². The number of esters is 1. The Morgan fingerprint density at radius 1 is 1.12 bits per heavy atom. The molecule has 0 saturated heterocycles. The number of carbonyl (C=O) groups excluding carboxylic acids is 2. The van der Waals surface area contributed by atoms with Gasteiger partial charge in [0.2, 0.25) is 0 Å². The molecule has 0 unspecified atom stereocenters. The van der Waals surface area contributed by atoms with Crippen molar-refractivity contribution < 1.29 is 18.7 Å². The number of rotatable bonds is 0. The van der Waals surface area contributed by atoms with E-state index in [1.54, 1.807) is 6.07 Å². The summed E-state index contributed by atoms with van der Waals surface area (Å²) in [4.78, 5) is 22.7. The molecule has 3 rings (SSSR count). The van der Waals surface area contributed by atoms with E-state index in [1.165, 1.54) is 36.4 Å². The Balaban J connectivity index is 2.24. The molecule has 3 nitrogen and oxygen atoms in total. The summed E-state index contributed by atoms with van der Waals surface area (Å²) in [5.74, 6) is -1.50. The molecular weight excluding hydrogens is 223 g/mol. The van der Waals surface area contributed by atoms with Crippen LogP contribution in [0.3, 0.4) is 0 Å². The monoisotopic (exact) mass is 230 g/mol. The van der Waals surface area contributed by atoms with E-state index in [0.29, 0.717) is 5.56 Å². The molecule has 1 spiro atoms. The first-order valence-corrected chi connectivity index (χ1v) is 5.07. The van der Waals surface area contributed by atoms with Crippen molar-refractivity contribution in [1.82, 2.24) is 0 Å². The Kier molecular flexibility index (Phi) is 1.84. The Morgan fingerprint density at radius 2 is 1.82 bits per heavy atom. The highest BCUT2D eigenvalue weighted by Gasteiger charge is 2.44. The Bertz CT molecular complexity index is 583. The normalized spacial score (nSPS) is 19.6. The molecule has 0 atom stereocenters. The number of benzene rings is 1. The van der Waals surface area contributed by atoms with Gasteiger partial charge in [-0.2, -0.15) is 0 Å². The molecule has 1 aliphatic carbocycles. The number of ether oxygens (including phenoxy) is 1. The third-order valence-corrected chi connectivity index (χ3v) is 2.89. The van der Waals surface area contributed by atoms with Crippen LogP contribution in [0.4, 0.5) is 4.39 Å². The van der Waals surface area contributed by atoms with Crippen molar-refractivity contribution in [2.45, 2.75) is 5.60 Å². The van der Waals surface area contributed by atoms with Crippen molar-refractivity contribution >= 4 is 11.8 Å². The lowest BCUT2D eigenvalue weighted by Crippen LogP contribution is -2.23. The zero-order chi connectivity index (χ0) is 12.0. The van der Waals surface area contributed by atoms with E-state index in [-0.39, 0.29) is 11.3 Å². The molecule has 1 aromatic carbocycles. The molecule has 0 N–H and O–H groups in total. The summed E-state index contributed by atoms with van der Waals surface area (Å²) < 4.78 is 18.7. The molecule has 84 valence electrons. The van der Waals surface area contributed by atoms with Gasteiger partial charge in [0.25, 0.3) is 0 Å². The van der Waals surface area contributed by atoms with Crippen molar-refractivity contribution in [2.75, 3.05) is 0 Å². The number of halogens is 1. The zero-order valence-corrected chi connectivity index (χ0v) is 8.64. The summed E-state index contributed by atoms with van der Waals surface area (Å²) in [6.45, 7) is 0. The lowest BCUT2D eigenvalue weighted by molar-refractivity contribution is -0.110. The summed E-state index contributed by atoms with van der Waals surface area (Å²) in [5, 5.41) is 0. The van der Waals surface area contributed by atoms with Crippen molar-refractivity contribution in [3.05, 3.63) is 59.4 Å². The summed E-state index contributed by atoms with van der Waals surface area (Å²) in [7, 11) is 0. The lowest BCUT2D eigenvalue weighted by Gasteiger charge is -2.22. The Labute approximate surface area is 96.2 Å². The van der Waals surface area contributed by atoms with Gasteiger partial charge in [-0.25, -0.2) is 9.18 Å².